The number of hydrogen-bond acceptors (Lipinski definition) is 6. The highest BCUT2D eigenvalue weighted by atomic mass is 19.3. The van der Waals surface area contributed by atoms with Crippen molar-refractivity contribution in [2.75, 3.05) is 26.1 Å². The lowest BCUT2D eigenvalue weighted by Gasteiger charge is -2.22. The maximum Gasteiger partial charge on any atom is 0.387 e. The summed E-state index contributed by atoms with van der Waals surface area (Å²) in [5, 5.41) is 5.00. The number of benzene rings is 2. The molecule has 1 fully saturated rings. The standard InChI is InChI=1S/C22H23F2N3O6/c1-22(11-13-8-9-16(31-2)17(10-13)32-3)19(29)27(21(30)26-22)12-18(28)25-14-6-4-5-7-15(14)33-20(23)24/h4-10,20H,11-12H2,1-3H3,(H,25,28)(H,26,30). The summed E-state index contributed by atoms with van der Waals surface area (Å²) in [5.74, 6) is -0.607. The van der Waals surface area contributed by atoms with Gasteiger partial charge in [-0.05, 0) is 36.8 Å². The van der Waals surface area contributed by atoms with Gasteiger partial charge in [0.25, 0.3) is 5.91 Å². The number of rotatable bonds is 9. The highest BCUT2D eigenvalue weighted by Crippen LogP contribution is 2.31. The molecule has 0 bridgehead atoms. The van der Waals surface area contributed by atoms with Gasteiger partial charge in [-0.15, -0.1) is 0 Å². The van der Waals surface area contributed by atoms with Crippen molar-refractivity contribution in [1.82, 2.24) is 10.2 Å². The molecule has 2 aromatic carbocycles. The summed E-state index contributed by atoms with van der Waals surface area (Å²) in [7, 11) is 2.98. The molecule has 1 aliphatic rings. The zero-order valence-electron chi connectivity index (χ0n) is 18.2. The monoisotopic (exact) mass is 463 g/mol. The van der Waals surface area contributed by atoms with Crippen LogP contribution in [0.1, 0.15) is 12.5 Å². The molecule has 1 saturated heterocycles. The average Bonchev–Trinajstić information content (AvgIpc) is 2.97. The number of hydrogen-bond donors (Lipinski definition) is 2. The van der Waals surface area contributed by atoms with Crippen LogP contribution in [0.4, 0.5) is 19.3 Å². The fraction of sp³-hybridized carbons (Fsp3) is 0.318. The van der Waals surface area contributed by atoms with Crippen molar-refractivity contribution in [3.63, 3.8) is 0 Å². The molecule has 1 heterocycles. The van der Waals surface area contributed by atoms with Gasteiger partial charge in [-0.3, -0.25) is 14.5 Å². The number of urea groups is 1. The fourth-order valence-electron chi connectivity index (χ4n) is 3.51. The van der Waals surface area contributed by atoms with Crippen molar-refractivity contribution in [1.29, 1.82) is 0 Å². The molecule has 1 aliphatic heterocycles. The molecule has 0 spiro atoms. The van der Waals surface area contributed by atoms with E-state index in [0.29, 0.717) is 17.1 Å². The zero-order valence-corrected chi connectivity index (χ0v) is 18.2. The lowest BCUT2D eigenvalue weighted by Crippen LogP contribution is -2.46. The fourth-order valence-corrected chi connectivity index (χ4v) is 3.51. The molecule has 1 atom stereocenters. The molecule has 1 unspecified atom stereocenters. The Kier molecular flexibility index (Phi) is 7.00. The zero-order chi connectivity index (χ0) is 24.2. The Bertz CT molecular complexity index is 1060. The van der Waals surface area contributed by atoms with E-state index in [2.05, 4.69) is 15.4 Å². The van der Waals surface area contributed by atoms with Crippen LogP contribution in [0.5, 0.6) is 17.2 Å². The minimum Gasteiger partial charge on any atom is -0.493 e. The lowest BCUT2D eigenvalue weighted by atomic mass is 9.92. The summed E-state index contributed by atoms with van der Waals surface area (Å²) >= 11 is 0. The van der Waals surface area contributed by atoms with E-state index in [1.165, 1.54) is 38.5 Å². The van der Waals surface area contributed by atoms with E-state index in [0.717, 1.165) is 4.90 Å². The quantitative estimate of drug-likeness (QED) is 0.554. The predicted octanol–water partition coefficient (Wildman–Crippen LogP) is 2.80. The highest BCUT2D eigenvalue weighted by Gasteiger charge is 2.48. The molecule has 176 valence electrons. The molecule has 33 heavy (non-hydrogen) atoms. The summed E-state index contributed by atoms with van der Waals surface area (Å²) in [4.78, 5) is 38.7. The van der Waals surface area contributed by atoms with Crippen LogP contribution in [0.25, 0.3) is 0 Å². The maximum atomic E-state index is 13.0. The Morgan fingerprint density at radius 1 is 1.09 bits per heavy atom. The van der Waals surface area contributed by atoms with Crippen molar-refractivity contribution < 1.29 is 37.4 Å². The normalized spacial score (nSPS) is 17.7. The molecule has 0 aliphatic carbocycles. The van der Waals surface area contributed by atoms with Crippen LogP contribution in [-0.4, -0.2) is 55.7 Å². The number of amides is 4. The molecular weight excluding hydrogens is 440 g/mol. The SMILES string of the molecule is COc1ccc(CC2(C)NC(=O)N(CC(=O)Nc3ccccc3OC(F)F)C2=O)cc1OC. The smallest absolute Gasteiger partial charge is 0.387 e. The predicted molar refractivity (Wildman–Crippen MR) is 114 cm³/mol. The summed E-state index contributed by atoms with van der Waals surface area (Å²) in [6, 6.07) is 9.98. The van der Waals surface area contributed by atoms with Crippen LogP contribution in [0.2, 0.25) is 0 Å². The summed E-state index contributed by atoms with van der Waals surface area (Å²) in [6.45, 7) is -2.13. The number of para-hydroxylation sites is 2. The molecule has 2 N–H and O–H groups in total. The number of ether oxygens (including phenoxy) is 3. The Balaban J connectivity index is 1.71. The first-order valence-corrected chi connectivity index (χ1v) is 9.85. The van der Waals surface area contributed by atoms with E-state index in [1.54, 1.807) is 25.1 Å². The molecular formula is C22H23F2N3O6. The molecule has 11 heteroatoms. The van der Waals surface area contributed by atoms with E-state index in [1.807, 2.05) is 0 Å². The minimum atomic E-state index is -3.08. The van der Waals surface area contributed by atoms with Crippen molar-refractivity contribution >= 4 is 23.5 Å². The van der Waals surface area contributed by atoms with Crippen LogP contribution in [0.15, 0.2) is 42.5 Å². The second kappa shape index (κ2) is 9.72. The molecule has 3 rings (SSSR count). The number of alkyl halides is 2. The summed E-state index contributed by atoms with van der Waals surface area (Å²) < 4.78 is 40.0. The van der Waals surface area contributed by atoms with Gasteiger partial charge in [-0.25, -0.2) is 4.79 Å². The molecule has 0 radical (unpaired) electrons. The van der Waals surface area contributed by atoms with Gasteiger partial charge in [-0.2, -0.15) is 8.78 Å². The van der Waals surface area contributed by atoms with Gasteiger partial charge in [0.1, 0.15) is 17.8 Å². The Labute approximate surface area is 188 Å². The number of carbonyl (C=O) groups is 3. The Morgan fingerprint density at radius 2 is 1.79 bits per heavy atom. The third-order valence-corrected chi connectivity index (χ3v) is 5.03. The van der Waals surface area contributed by atoms with E-state index in [-0.39, 0.29) is 17.9 Å². The minimum absolute atomic E-state index is 0.0112. The van der Waals surface area contributed by atoms with Crippen LogP contribution >= 0.6 is 0 Å². The third kappa shape index (κ3) is 5.30. The van der Waals surface area contributed by atoms with Crippen LogP contribution in [-0.2, 0) is 16.0 Å². The van der Waals surface area contributed by atoms with E-state index < -0.39 is 36.5 Å². The third-order valence-electron chi connectivity index (χ3n) is 5.03. The van der Waals surface area contributed by atoms with Crippen molar-refractivity contribution in [2.45, 2.75) is 25.5 Å². The van der Waals surface area contributed by atoms with Crippen molar-refractivity contribution in [3.05, 3.63) is 48.0 Å². The van der Waals surface area contributed by atoms with Gasteiger partial charge >= 0.3 is 12.6 Å². The number of nitrogens with zero attached hydrogens (tertiary/aromatic N) is 1. The van der Waals surface area contributed by atoms with Gasteiger partial charge in [0.15, 0.2) is 11.5 Å². The van der Waals surface area contributed by atoms with Gasteiger partial charge in [0.2, 0.25) is 5.91 Å². The largest absolute Gasteiger partial charge is 0.493 e. The second-order valence-electron chi connectivity index (χ2n) is 7.44. The van der Waals surface area contributed by atoms with Crippen LogP contribution in [0.3, 0.4) is 0 Å². The number of halogens is 2. The second-order valence-corrected chi connectivity index (χ2v) is 7.44. The first-order chi connectivity index (χ1) is 15.7. The molecule has 2 aromatic rings. The van der Waals surface area contributed by atoms with Gasteiger partial charge in [0, 0.05) is 6.42 Å². The van der Waals surface area contributed by atoms with Crippen molar-refractivity contribution in [3.8, 4) is 17.2 Å². The van der Waals surface area contributed by atoms with Crippen LogP contribution in [0, 0.1) is 0 Å². The Hall–Kier alpha value is -3.89. The topological polar surface area (TPSA) is 106 Å². The summed E-state index contributed by atoms with van der Waals surface area (Å²) in [5.41, 5.74) is -0.607. The van der Waals surface area contributed by atoms with Gasteiger partial charge in [-0.1, -0.05) is 18.2 Å². The number of methoxy groups -OCH3 is 2. The average molecular weight is 463 g/mol. The van der Waals surface area contributed by atoms with E-state index >= 15 is 0 Å². The maximum absolute atomic E-state index is 13.0. The van der Waals surface area contributed by atoms with E-state index in [9.17, 15) is 23.2 Å². The van der Waals surface area contributed by atoms with Gasteiger partial charge in [0.05, 0.1) is 19.9 Å². The molecule has 0 aromatic heterocycles. The Morgan fingerprint density at radius 3 is 2.45 bits per heavy atom. The van der Waals surface area contributed by atoms with Crippen LogP contribution < -0.4 is 24.8 Å². The van der Waals surface area contributed by atoms with Crippen molar-refractivity contribution in [2.24, 2.45) is 0 Å². The summed E-state index contributed by atoms with van der Waals surface area (Å²) in [6.07, 6.45) is 0.140. The lowest BCUT2D eigenvalue weighted by molar-refractivity contribution is -0.133. The first-order valence-electron chi connectivity index (χ1n) is 9.85. The molecule has 4 amide bonds. The number of carbonyl (C=O) groups excluding carboxylic acids is 3. The van der Waals surface area contributed by atoms with Gasteiger partial charge < -0.3 is 24.8 Å². The molecule has 9 nitrogen and oxygen atoms in total. The number of nitrogens with one attached hydrogen (secondary N) is 2. The van der Waals surface area contributed by atoms with E-state index in [4.69, 9.17) is 9.47 Å². The number of imide groups is 1. The number of anilines is 1. The highest BCUT2D eigenvalue weighted by molar-refractivity contribution is 6.10. The molecule has 0 saturated carbocycles. The first kappa shape index (κ1) is 23.8.